The van der Waals surface area contributed by atoms with Crippen LogP contribution in [0, 0.1) is 0 Å². The SMILES string of the molecule is Nc1ccc(Cl)cc1S(=O)(=O)NC1CCCOC1. The van der Waals surface area contributed by atoms with Gasteiger partial charge in [-0.05, 0) is 31.0 Å². The molecule has 1 aromatic rings. The molecule has 7 heteroatoms. The first-order valence-electron chi connectivity index (χ1n) is 5.64. The topological polar surface area (TPSA) is 81.4 Å². The monoisotopic (exact) mass is 290 g/mol. The van der Waals surface area contributed by atoms with E-state index in [1.54, 1.807) is 6.07 Å². The van der Waals surface area contributed by atoms with E-state index < -0.39 is 10.0 Å². The van der Waals surface area contributed by atoms with Crippen LogP contribution in [-0.4, -0.2) is 27.7 Å². The van der Waals surface area contributed by atoms with Crippen molar-refractivity contribution in [2.24, 2.45) is 0 Å². The van der Waals surface area contributed by atoms with Gasteiger partial charge in [-0.3, -0.25) is 0 Å². The van der Waals surface area contributed by atoms with E-state index in [9.17, 15) is 8.42 Å². The maximum atomic E-state index is 12.2. The van der Waals surface area contributed by atoms with E-state index in [0.29, 0.717) is 18.2 Å². The van der Waals surface area contributed by atoms with Crippen LogP contribution in [0.1, 0.15) is 12.8 Å². The minimum atomic E-state index is -3.65. The number of rotatable bonds is 3. The number of nitrogens with one attached hydrogen (secondary N) is 1. The van der Waals surface area contributed by atoms with E-state index in [1.807, 2.05) is 0 Å². The average Bonchev–Trinajstić information content (AvgIpc) is 2.33. The molecule has 1 aliphatic heterocycles. The van der Waals surface area contributed by atoms with Gasteiger partial charge in [0.25, 0.3) is 0 Å². The van der Waals surface area contributed by atoms with Crippen LogP contribution >= 0.6 is 11.6 Å². The average molecular weight is 291 g/mol. The molecule has 1 atom stereocenters. The molecule has 0 saturated carbocycles. The Kier molecular flexibility index (Phi) is 4.11. The summed E-state index contributed by atoms with van der Waals surface area (Å²) in [5.74, 6) is 0. The van der Waals surface area contributed by atoms with Crippen molar-refractivity contribution in [2.75, 3.05) is 18.9 Å². The summed E-state index contributed by atoms with van der Waals surface area (Å²) in [6.45, 7) is 1.07. The highest BCUT2D eigenvalue weighted by Gasteiger charge is 2.24. The van der Waals surface area contributed by atoms with Crippen LogP contribution in [0.15, 0.2) is 23.1 Å². The Hall–Kier alpha value is -0.820. The summed E-state index contributed by atoms with van der Waals surface area (Å²) in [6, 6.07) is 4.18. The largest absolute Gasteiger partial charge is 0.398 e. The zero-order valence-electron chi connectivity index (χ0n) is 9.73. The molecule has 1 unspecified atom stereocenters. The van der Waals surface area contributed by atoms with Crippen LogP contribution in [0.25, 0.3) is 0 Å². The number of hydrogen-bond donors (Lipinski definition) is 2. The summed E-state index contributed by atoms with van der Waals surface area (Å²) >= 11 is 5.79. The fraction of sp³-hybridized carbons (Fsp3) is 0.455. The summed E-state index contributed by atoms with van der Waals surface area (Å²) in [7, 11) is -3.65. The van der Waals surface area contributed by atoms with E-state index >= 15 is 0 Å². The lowest BCUT2D eigenvalue weighted by Crippen LogP contribution is -2.40. The van der Waals surface area contributed by atoms with Crippen molar-refractivity contribution in [1.29, 1.82) is 0 Å². The lowest BCUT2D eigenvalue weighted by molar-refractivity contribution is 0.0774. The number of anilines is 1. The maximum absolute atomic E-state index is 12.2. The first kappa shape index (κ1) is 13.6. The van der Waals surface area contributed by atoms with E-state index in [0.717, 1.165) is 12.8 Å². The predicted molar refractivity (Wildman–Crippen MR) is 70.0 cm³/mol. The molecular formula is C11H15ClN2O3S. The molecule has 0 aliphatic carbocycles. The fourth-order valence-corrected chi connectivity index (χ4v) is 3.51. The molecule has 1 fully saturated rings. The molecule has 1 aliphatic rings. The zero-order valence-corrected chi connectivity index (χ0v) is 11.3. The van der Waals surface area contributed by atoms with Gasteiger partial charge in [0, 0.05) is 17.7 Å². The van der Waals surface area contributed by atoms with Gasteiger partial charge in [-0.2, -0.15) is 0 Å². The first-order valence-corrected chi connectivity index (χ1v) is 7.50. The summed E-state index contributed by atoms with van der Waals surface area (Å²) in [5, 5.41) is 0.337. The Balaban J connectivity index is 2.21. The van der Waals surface area contributed by atoms with Crippen LogP contribution in [0.4, 0.5) is 5.69 Å². The molecule has 3 N–H and O–H groups in total. The molecule has 100 valence electrons. The molecule has 0 bridgehead atoms. The molecule has 1 heterocycles. The number of nitrogens with two attached hydrogens (primary N) is 1. The summed E-state index contributed by atoms with van der Waals surface area (Å²) < 4.78 is 32.2. The third kappa shape index (κ3) is 3.14. The molecule has 0 aromatic heterocycles. The van der Waals surface area contributed by atoms with Gasteiger partial charge in [-0.25, -0.2) is 13.1 Å². The van der Waals surface area contributed by atoms with Crippen molar-refractivity contribution in [3.8, 4) is 0 Å². The molecule has 18 heavy (non-hydrogen) atoms. The number of nitrogen functional groups attached to an aromatic ring is 1. The molecule has 1 saturated heterocycles. The summed E-state index contributed by atoms with van der Waals surface area (Å²) in [5.41, 5.74) is 5.86. The van der Waals surface area contributed by atoms with Gasteiger partial charge in [0.2, 0.25) is 10.0 Å². The van der Waals surface area contributed by atoms with Gasteiger partial charge in [-0.15, -0.1) is 0 Å². The van der Waals surface area contributed by atoms with Crippen LogP contribution in [-0.2, 0) is 14.8 Å². The standard InChI is InChI=1S/C11H15ClN2O3S/c12-8-3-4-10(13)11(6-8)18(15,16)14-9-2-1-5-17-7-9/h3-4,6,9,14H,1-2,5,7,13H2. The van der Waals surface area contributed by atoms with Crippen LogP contribution in [0.3, 0.4) is 0 Å². The van der Waals surface area contributed by atoms with E-state index in [-0.39, 0.29) is 16.6 Å². The van der Waals surface area contributed by atoms with Crippen molar-refractivity contribution < 1.29 is 13.2 Å². The quantitative estimate of drug-likeness (QED) is 0.824. The number of halogens is 1. The molecule has 0 amide bonds. The Bertz CT molecular complexity index is 527. The second-order valence-electron chi connectivity index (χ2n) is 4.22. The molecule has 1 aromatic carbocycles. The van der Waals surface area contributed by atoms with Gasteiger partial charge in [0.05, 0.1) is 12.3 Å². The van der Waals surface area contributed by atoms with Crippen molar-refractivity contribution in [3.63, 3.8) is 0 Å². The van der Waals surface area contributed by atoms with Crippen LogP contribution < -0.4 is 10.5 Å². The molecule has 0 spiro atoms. The first-order chi connectivity index (χ1) is 8.49. The van der Waals surface area contributed by atoms with Gasteiger partial charge >= 0.3 is 0 Å². The maximum Gasteiger partial charge on any atom is 0.242 e. The van der Waals surface area contributed by atoms with Crippen LogP contribution in [0.2, 0.25) is 5.02 Å². The lowest BCUT2D eigenvalue weighted by Gasteiger charge is -2.23. The van der Waals surface area contributed by atoms with E-state index in [4.69, 9.17) is 22.1 Å². The van der Waals surface area contributed by atoms with Gasteiger partial charge in [-0.1, -0.05) is 11.6 Å². The molecular weight excluding hydrogens is 276 g/mol. The second kappa shape index (κ2) is 5.44. The summed E-state index contributed by atoms with van der Waals surface area (Å²) in [6.07, 6.45) is 1.61. The van der Waals surface area contributed by atoms with Gasteiger partial charge in [0.1, 0.15) is 4.90 Å². The van der Waals surface area contributed by atoms with Crippen molar-refractivity contribution in [2.45, 2.75) is 23.8 Å². The third-order valence-corrected chi connectivity index (χ3v) is 4.56. The fourth-order valence-electron chi connectivity index (χ4n) is 1.86. The van der Waals surface area contributed by atoms with E-state index in [2.05, 4.69) is 4.72 Å². The minimum absolute atomic E-state index is 0.0144. The number of sulfonamides is 1. The Morgan fingerprint density at radius 1 is 1.44 bits per heavy atom. The minimum Gasteiger partial charge on any atom is -0.398 e. The van der Waals surface area contributed by atoms with Crippen LogP contribution in [0.5, 0.6) is 0 Å². The van der Waals surface area contributed by atoms with Crippen molar-refractivity contribution >= 4 is 27.3 Å². The zero-order chi connectivity index (χ0) is 13.2. The Labute approximate surface area is 111 Å². The predicted octanol–water partition coefficient (Wildman–Crippen LogP) is 1.38. The number of hydrogen-bond acceptors (Lipinski definition) is 4. The highest BCUT2D eigenvalue weighted by atomic mass is 35.5. The number of benzene rings is 1. The normalized spacial score (nSPS) is 20.8. The van der Waals surface area contributed by atoms with Gasteiger partial charge < -0.3 is 10.5 Å². The van der Waals surface area contributed by atoms with Crippen molar-refractivity contribution in [1.82, 2.24) is 4.72 Å². The molecule has 2 rings (SSSR count). The Morgan fingerprint density at radius 3 is 2.89 bits per heavy atom. The number of ether oxygens (including phenoxy) is 1. The third-order valence-electron chi connectivity index (χ3n) is 2.75. The second-order valence-corrected chi connectivity index (χ2v) is 6.34. The highest BCUT2D eigenvalue weighted by molar-refractivity contribution is 7.89. The molecule has 0 radical (unpaired) electrons. The van der Waals surface area contributed by atoms with Crippen molar-refractivity contribution in [3.05, 3.63) is 23.2 Å². The Morgan fingerprint density at radius 2 is 2.22 bits per heavy atom. The van der Waals surface area contributed by atoms with E-state index in [1.165, 1.54) is 12.1 Å². The molecule has 5 nitrogen and oxygen atoms in total. The lowest BCUT2D eigenvalue weighted by atomic mass is 10.1. The smallest absolute Gasteiger partial charge is 0.242 e. The van der Waals surface area contributed by atoms with Gasteiger partial charge in [0.15, 0.2) is 0 Å². The summed E-state index contributed by atoms with van der Waals surface area (Å²) in [4.78, 5) is 0.0144. The highest BCUT2D eigenvalue weighted by Crippen LogP contribution is 2.23.